The second kappa shape index (κ2) is 8.80. The van der Waals surface area contributed by atoms with Crippen LogP contribution in [0.4, 0.5) is 5.82 Å². The van der Waals surface area contributed by atoms with Gasteiger partial charge < -0.3 is 5.32 Å². The molecule has 2 saturated carbocycles. The van der Waals surface area contributed by atoms with Crippen molar-refractivity contribution >= 4 is 17.6 Å². The van der Waals surface area contributed by atoms with Crippen molar-refractivity contribution in [3.05, 3.63) is 70.2 Å². The van der Waals surface area contributed by atoms with Crippen LogP contribution in [-0.4, -0.2) is 44.4 Å². The number of pyridine rings is 1. The van der Waals surface area contributed by atoms with E-state index in [0.717, 1.165) is 48.1 Å². The third kappa shape index (κ3) is 4.16. The van der Waals surface area contributed by atoms with Crippen molar-refractivity contribution in [3.63, 3.8) is 0 Å². The summed E-state index contributed by atoms with van der Waals surface area (Å²) < 4.78 is 1.67. The molecule has 2 aromatic heterocycles. The van der Waals surface area contributed by atoms with E-state index in [2.05, 4.69) is 32.7 Å². The van der Waals surface area contributed by atoms with Crippen molar-refractivity contribution in [2.24, 2.45) is 11.8 Å². The van der Waals surface area contributed by atoms with Gasteiger partial charge in [0.05, 0.1) is 23.9 Å². The van der Waals surface area contributed by atoms with E-state index in [-0.39, 0.29) is 41.4 Å². The molecule has 1 N–H and O–H groups in total. The van der Waals surface area contributed by atoms with Crippen LogP contribution < -0.4 is 10.2 Å². The van der Waals surface area contributed by atoms with Crippen LogP contribution in [0.3, 0.4) is 0 Å². The van der Waals surface area contributed by atoms with Crippen LogP contribution in [0.2, 0.25) is 0 Å². The van der Waals surface area contributed by atoms with Crippen molar-refractivity contribution in [3.8, 4) is 6.07 Å². The Bertz CT molecular complexity index is 1450. The quantitative estimate of drug-likeness (QED) is 0.560. The number of rotatable bonds is 6. The monoisotopic (exact) mass is 495 g/mol. The summed E-state index contributed by atoms with van der Waals surface area (Å²) >= 11 is 0. The number of nitriles is 1. The summed E-state index contributed by atoms with van der Waals surface area (Å²) in [5, 5.41) is 20.8. The van der Waals surface area contributed by atoms with E-state index in [9.17, 15) is 14.9 Å². The molecule has 3 fully saturated rings. The normalized spacial score (nSPS) is 24.7. The minimum atomic E-state index is -0.247. The van der Waals surface area contributed by atoms with Crippen LogP contribution in [-0.2, 0) is 4.79 Å². The molecule has 0 bridgehead atoms. The van der Waals surface area contributed by atoms with Gasteiger partial charge in [-0.1, -0.05) is 22.9 Å². The van der Waals surface area contributed by atoms with E-state index in [1.165, 1.54) is 0 Å². The fraction of sp³-hybridized carbons (Fsp3) is 0.429. The smallest absolute Gasteiger partial charge is 0.273 e. The molecule has 1 saturated heterocycles. The Morgan fingerprint density at radius 3 is 2.73 bits per heavy atom. The fourth-order valence-electron chi connectivity index (χ4n) is 5.70. The van der Waals surface area contributed by atoms with Gasteiger partial charge in [-0.3, -0.25) is 14.5 Å². The van der Waals surface area contributed by atoms with Crippen molar-refractivity contribution in [2.75, 3.05) is 11.4 Å². The maximum absolute atomic E-state index is 12.8. The van der Waals surface area contributed by atoms with Gasteiger partial charge in [0.1, 0.15) is 5.82 Å². The highest BCUT2D eigenvalue weighted by Crippen LogP contribution is 2.47. The summed E-state index contributed by atoms with van der Waals surface area (Å²) in [6.45, 7) is 6.77. The number of carbonyl (C=O) groups excluding carboxylic acids is 2. The highest BCUT2D eigenvalue weighted by molar-refractivity contribution is 5.99. The number of nitrogens with zero attached hydrogens (tertiary/aromatic N) is 6. The number of nitrogens with one attached hydrogen (secondary N) is 1. The van der Waals surface area contributed by atoms with Crippen LogP contribution >= 0.6 is 0 Å². The van der Waals surface area contributed by atoms with Crippen LogP contribution in [0.1, 0.15) is 76.5 Å². The van der Waals surface area contributed by atoms with E-state index in [0.29, 0.717) is 17.3 Å². The highest BCUT2D eigenvalue weighted by Gasteiger charge is 2.52. The van der Waals surface area contributed by atoms with Gasteiger partial charge in [-0.05, 0) is 80.7 Å². The first kappa shape index (κ1) is 23.3. The van der Waals surface area contributed by atoms with E-state index in [4.69, 9.17) is 0 Å². The molecule has 2 aliphatic carbocycles. The fourth-order valence-corrected chi connectivity index (χ4v) is 5.70. The number of piperidine rings is 1. The number of aromatic nitrogens is 4. The van der Waals surface area contributed by atoms with Gasteiger partial charge in [0.25, 0.3) is 5.91 Å². The summed E-state index contributed by atoms with van der Waals surface area (Å²) in [7, 11) is 0. The first-order valence-corrected chi connectivity index (χ1v) is 12.8. The number of anilines is 1. The SMILES string of the molecule is Cc1ccc(C#N)c(C2CC(NC(=O)c3cn(C(C)c4cnc(N5C[C@H]6C[C@H]6C5=O)cc4C)nn3)C2)c1. The molecule has 0 spiro atoms. The molecule has 9 heteroatoms. The molecule has 1 unspecified atom stereocenters. The predicted octanol–water partition coefficient (Wildman–Crippen LogP) is 3.43. The minimum Gasteiger partial charge on any atom is -0.348 e. The van der Waals surface area contributed by atoms with Gasteiger partial charge in [0, 0.05) is 24.7 Å². The summed E-state index contributed by atoms with van der Waals surface area (Å²) in [5.74, 6) is 1.61. The average molecular weight is 496 g/mol. The lowest BCUT2D eigenvalue weighted by Gasteiger charge is -2.36. The number of hydrogen-bond acceptors (Lipinski definition) is 6. The maximum atomic E-state index is 12.8. The topological polar surface area (TPSA) is 117 Å². The summed E-state index contributed by atoms with van der Waals surface area (Å²) in [6.07, 6.45) is 6.07. The van der Waals surface area contributed by atoms with Crippen LogP contribution in [0.5, 0.6) is 0 Å². The van der Waals surface area contributed by atoms with Crippen molar-refractivity contribution in [2.45, 2.75) is 58.0 Å². The first-order chi connectivity index (χ1) is 17.8. The lowest BCUT2D eigenvalue weighted by molar-refractivity contribution is -0.118. The van der Waals surface area contributed by atoms with Crippen LogP contribution in [0, 0.1) is 37.0 Å². The van der Waals surface area contributed by atoms with E-state index in [1.807, 2.05) is 39.0 Å². The van der Waals surface area contributed by atoms with E-state index in [1.54, 1.807) is 22.0 Å². The summed E-state index contributed by atoms with van der Waals surface area (Å²) in [4.78, 5) is 31.6. The molecular formula is C28H29N7O2. The van der Waals surface area contributed by atoms with Gasteiger partial charge in [0.2, 0.25) is 5.91 Å². The zero-order chi connectivity index (χ0) is 25.8. The zero-order valence-corrected chi connectivity index (χ0v) is 21.2. The Labute approximate surface area is 215 Å². The number of hydrogen-bond donors (Lipinski definition) is 1. The Balaban J connectivity index is 1.08. The number of carbonyl (C=O) groups is 2. The second-order valence-corrected chi connectivity index (χ2v) is 10.8. The van der Waals surface area contributed by atoms with Gasteiger partial charge >= 0.3 is 0 Å². The number of amides is 2. The molecule has 1 aromatic carbocycles. The standard InChI is InChI=1S/C28H29N7O2/c1-15-4-5-18(11-29)22(6-15)19-8-21(9-19)31-27(36)25-14-35(33-32-25)17(3)24-12-30-26(7-16(24)2)34-13-20-10-23(20)28(34)37/h4-7,12,14,17,19-21,23H,8-10,13H2,1-3H3,(H,31,36)/t17?,19?,20-,21?,23-/m1/s1. The molecule has 188 valence electrons. The van der Waals surface area contributed by atoms with Crippen LogP contribution in [0.15, 0.2) is 36.7 Å². The van der Waals surface area contributed by atoms with Gasteiger partial charge in [-0.25, -0.2) is 9.67 Å². The minimum absolute atomic E-state index is 0.0467. The summed E-state index contributed by atoms with van der Waals surface area (Å²) in [5.41, 5.74) is 5.15. The summed E-state index contributed by atoms with van der Waals surface area (Å²) in [6, 6.07) is 10.0. The Kier molecular flexibility index (Phi) is 5.55. The maximum Gasteiger partial charge on any atom is 0.273 e. The lowest BCUT2D eigenvalue weighted by atomic mass is 9.74. The molecule has 1 aliphatic heterocycles. The van der Waals surface area contributed by atoms with E-state index < -0.39 is 0 Å². The van der Waals surface area contributed by atoms with Crippen molar-refractivity contribution in [1.29, 1.82) is 5.26 Å². The number of aryl methyl sites for hydroxylation is 2. The molecule has 3 aromatic rings. The van der Waals surface area contributed by atoms with Crippen LogP contribution in [0.25, 0.3) is 0 Å². The van der Waals surface area contributed by atoms with Gasteiger partial charge in [0.15, 0.2) is 5.69 Å². The number of benzene rings is 1. The molecule has 37 heavy (non-hydrogen) atoms. The Morgan fingerprint density at radius 1 is 1.22 bits per heavy atom. The predicted molar refractivity (Wildman–Crippen MR) is 136 cm³/mol. The van der Waals surface area contributed by atoms with Gasteiger partial charge in [-0.2, -0.15) is 5.26 Å². The highest BCUT2D eigenvalue weighted by atomic mass is 16.2. The number of fused-ring (bicyclic) bond motifs is 1. The molecule has 3 atom stereocenters. The molecule has 3 aliphatic rings. The third-order valence-corrected chi connectivity index (χ3v) is 8.17. The molecule has 9 nitrogen and oxygen atoms in total. The zero-order valence-electron chi connectivity index (χ0n) is 21.2. The lowest BCUT2D eigenvalue weighted by Crippen LogP contribution is -2.43. The molecular weight excluding hydrogens is 466 g/mol. The van der Waals surface area contributed by atoms with E-state index >= 15 is 0 Å². The third-order valence-electron chi connectivity index (χ3n) is 8.17. The molecule has 3 heterocycles. The Morgan fingerprint density at radius 2 is 2.03 bits per heavy atom. The first-order valence-electron chi connectivity index (χ1n) is 12.8. The molecule has 2 amide bonds. The van der Waals surface area contributed by atoms with Crippen molar-refractivity contribution < 1.29 is 9.59 Å². The molecule has 0 radical (unpaired) electrons. The Hall–Kier alpha value is -4.06. The van der Waals surface area contributed by atoms with Gasteiger partial charge in [-0.15, -0.1) is 5.10 Å². The largest absolute Gasteiger partial charge is 0.348 e. The second-order valence-electron chi connectivity index (χ2n) is 10.8. The molecule has 6 rings (SSSR count). The average Bonchev–Trinajstić information content (AvgIpc) is 3.31. The van der Waals surface area contributed by atoms with Crippen molar-refractivity contribution in [1.82, 2.24) is 25.3 Å².